The van der Waals surface area contributed by atoms with Crippen LogP contribution in [0.2, 0.25) is 0 Å². The Morgan fingerprint density at radius 3 is 2.67 bits per heavy atom. The summed E-state index contributed by atoms with van der Waals surface area (Å²) < 4.78 is 26.7. The first-order chi connectivity index (χ1) is 11.6. The predicted molar refractivity (Wildman–Crippen MR) is 88.6 cm³/mol. The van der Waals surface area contributed by atoms with E-state index < -0.39 is 5.82 Å². The minimum absolute atomic E-state index is 0.0762. The highest BCUT2D eigenvalue weighted by molar-refractivity contribution is 5.92. The maximum atomic E-state index is 13.5. The Labute approximate surface area is 139 Å². The maximum Gasteiger partial charge on any atom is 0.238 e. The van der Waals surface area contributed by atoms with Crippen LogP contribution in [0.15, 0.2) is 48.5 Å². The molecule has 126 valence electrons. The number of halogens is 2. The number of nitrogens with zero attached hydrogens (tertiary/aromatic N) is 1. The number of carbonyl (C=O) groups excluding carboxylic acids is 1. The van der Waals surface area contributed by atoms with Gasteiger partial charge in [-0.15, -0.1) is 0 Å². The molecule has 1 amide bonds. The van der Waals surface area contributed by atoms with Crippen LogP contribution in [0.1, 0.15) is 11.6 Å². The van der Waals surface area contributed by atoms with E-state index in [1.807, 2.05) is 11.0 Å². The Morgan fingerprint density at radius 1 is 1.17 bits per heavy atom. The van der Waals surface area contributed by atoms with Crippen molar-refractivity contribution in [1.82, 2.24) is 10.2 Å². The fourth-order valence-corrected chi connectivity index (χ4v) is 2.93. The highest BCUT2D eigenvalue weighted by atomic mass is 19.1. The summed E-state index contributed by atoms with van der Waals surface area (Å²) in [5.41, 5.74) is 1.26. The molecule has 0 saturated carbocycles. The third-order valence-electron chi connectivity index (χ3n) is 4.04. The molecule has 0 aliphatic carbocycles. The van der Waals surface area contributed by atoms with Crippen molar-refractivity contribution in [3.63, 3.8) is 0 Å². The molecular formula is C18H19F2N3O. The highest BCUT2D eigenvalue weighted by Gasteiger charge is 2.25. The second kappa shape index (κ2) is 7.51. The maximum absolute atomic E-state index is 13.5. The monoisotopic (exact) mass is 331 g/mol. The molecule has 1 saturated heterocycles. The van der Waals surface area contributed by atoms with E-state index in [4.69, 9.17) is 0 Å². The van der Waals surface area contributed by atoms with Gasteiger partial charge in [0, 0.05) is 31.4 Å². The molecule has 24 heavy (non-hydrogen) atoms. The molecule has 0 radical (unpaired) electrons. The summed E-state index contributed by atoms with van der Waals surface area (Å²) in [7, 11) is 0. The third kappa shape index (κ3) is 4.15. The lowest BCUT2D eigenvalue weighted by Gasteiger charge is -2.36. The standard InChI is InChI=1S/C18H19F2N3O/c19-14-4-1-3-13(9-14)17-11-21-7-8-23(17)12-18(24)22-16-6-2-5-15(20)10-16/h1-6,9-10,17,21H,7-8,11-12H2,(H,22,24). The Bertz CT molecular complexity index is 723. The van der Waals surface area contributed by atoms with E-state index >= 15 is 0 Å². The number of hydrogen-bond acceptors (Lipinski definition) is 3. The van der Waals surface area contributed by atoms with Crippen LogP contribution in [0.25, 0.3) is 0 Å². The van der Waals surface area contributed by atoms with Gasteiger partial charge < -0.3 is 10.6 Å². The zero-order valence-electron chi connectivity index (χ0n) is 13.1. The van der Waals surface area contributed by atoms with Crippen molar-refractivity contribution >= 4 is 11.6 Å². The zero-order chi connectivity index (χ0) is 16.9. The van der Waals surface area contributed by atoms with Gasteiger partial charge in [0.05, 0.1) is 6.54 Å². The molecule has 1 fully saturated rings. The van der Waals surface area contributed by atoms with Crippen LogP contribution in [-0.2, 0) is 4.79 Å². The average Bonchev–Trinajstić information content (AvgIpc) is 2.55. The van der Waals surface area contributed by atoms with Gasteiger partial charge in [0.15, 0.2) is 0 Å². The molecule has 6 heteroatoms. The van der Waals surface area contributed by atoms with Gasteiger partial charge >= 0.3 is 0 Å². The predicted octanol–water partition coefficient (Wildman–Crippen LogP) is 2.55. The summed E-state index contributed by atoms with van der Waals surface area (Å²) in [6.45, 7) is 2.26. The van der Waals surface area contributed by atoms with E-state index in [9.17, 15) is 13.6 Å². The number of amides is 1. The first-order valence-corrected chi connectivity index (χ1v) is 7.87. The van der Waals surface area contributed by atoms with Crippen LogP contribution in [0.4, 0.5) is 14.5 Å². The van der Waals surface area contributed by atoms with Crippen molar-refractivity contribution in [3.05, 3.63) is 65.7 Å². The fourth-order valence-electron chi connectivity index (χ4n) is 2.93. The van der Waals surface area contributed by atoms with Crippen LogP contribution in [-0.4, -0.2) is 37.0 Å². The minimum atomic E-state index is -0.396. The number of anilines is 1. The largest absolute Gasteiger partial charge is 0.325 e. The number of carbonyl (C=O) groups is 1. The molecule has 2 aromatic carbocycles. The number of piperazine rings is 1. The number of hydrogen-bond donors (Lipinski definition) is 2. The van der Waals surface area contributed by atoms with E-state index in [0.717, 1.165) is 12.1 Å². The summed E-state index contributed by atoms with van der Waals surface area (Å²) in [5, 5.41) is 5.97. The van der Waals surface area contributed by atoms with Gasteiger partial charge in [-0.3, -0.25) is 9.69 Å². The normalized spacial score (nSPS) is 18.3. The lowest BCUT2D eigenvalue weighted by atomic mass is 10.0. The van der Waals surface area contributed by atoms with Gasteiger partial charge in [0.2, 0.25) is 5.91 Å². The van der Waals surface area contributed by atoms with Gasteiger partial charge in [-0.2, -0.15) is 0 Å². The van der Waals surface area contributed by atoms with Crippen molar-refractivity contribution in [2.75, 3.05) is 31.5 Å². The summed E-state index contributed by atoms with van der Waals surface area (Å²) in [4.78, 5) is 14.3. The average molecular weight is 331 g/mol. The van der Waals surface area contributed by atoms with Gasteiger partial charge in [-0.1, -0.05) is 18.2 Å². The zero-order valence-corrected chi connectivity index (χ0v) is 13.1. The number of benzene rings is 2. The van der Waals surface area contributed by atoms with Crippen LogP contribution in [0, 0.1) is 11.6 Å². The van der Waals surface area contributed by atoms with Gasteiger partial charge in [0.25, 0.3) is 0 Å². The summed E-state index contributed by atoms with van der Waals surface area (Å²) >= 11 is 0. The van der Waals surface area contributed by atoms with Crippen molar-refractivity contribution in [2.24, 2.45) is 0 Å². The Kier molecular flexibility index (Phi) is 5.17. The first kappa shape index (κ1) is 16.5. The smallest absolute Gasteiger partial charge is 0.238 e. The van der Waals surface area contributed by atoms with E-state index in [1.54, 1.807) is 18.2 Å². The summed E-state index contributed by atoms with van der Waals surface area (Å²) in [6, 6.07) is 12.1. The quantitative estimate of drug-likeness (QED) is 0.905. The van der Waals surface area contributed by atoms with E-state index in [0.29, 0.717) is 18.8 Å². The minimum Gasteiger partial charge on any atom is -0.325 e. The molecule has 0 spiro atoms. The fraction of sp³-hybridized carbons (Fsp3) is 0.278. The molecule has 1 heterocycles. The molecule has 0 aromatic heterocycles. The second-order valence-corrected chi connectivity index (χ2v) is 5.80. The summed E-state index contributed by atoms with van der Waals surface area (Å²) in [5.74, 6) is -0.904. The van der Waals surface area contributed by atoms with Gasteiger partial charge in [0.1, 0.15) is 11.6 Å². The molecule has 2 N–H and O–H groups in total. The third-order valence-corrected chi connectivity index (χ3v) is 4.04. The van der Waals surface area contributed by atoms with Crippen molar-refractivity contribution in [2.45, 2.75) is 6.04 Å². The second-order valence-electron chi connectivity index (χ2n) is 5.80. The van der Waals surface area contributed by atoms with Crippen LogP contribution >= 0.6 is 0 Å². The molecule has 1 atom stereocenters. The molecular weight excluding hydrogens is 312 g/mol. The Balaban J connectivity index is 1.68. The number of nitrogens with one attached hydrogen (secondary N) is 2. The Hall–Kier alpha value is -2.31. The molecule has 1 aliphatic heterocycles. The Morgan fingerprint density at radius 2 is 1.92 bits per heavy atom. The molecule has 3 rings (SSSR count). The molecule has 0 bridgehead atoms. The molecule has 4 nitrogen and oxygen atoms in total. The SMILES string of the molecule is O=C(CN1CCNCC1c1cccc(F)c1)Nc1cccc(F)c1. The van der Waals surface area contributed by atoms with Crippen molar-refractivity contribution in [3.8, 4) is 0 Å². The van der Waals surface area contributed by atoms with Crippen LogP contribution in [0.3, 0.4) is 0 Å². The lowest BCUT2D eigenvalue weighted by molar-refractivity contribution is -0.118. The van der Waals surface area contributed by atoms with Crippen molar-refractivity contribution in [1.29, 1.82) is 0 Å². The highest BCUT2D eigenvalue weighted by Crippen LogP contribution is 2.22. The van der Waals surface area contributed by atoms with Crippen molar-refractivity contribution < 1.29 is 13.6 Å². The van der Waals surface area contributed by atoms with E-state index in [2.05, 4.69) is 10.6 Å². The van der Waals surface area contributed by atoms with E-state index in [1.165, 1.54) is 24.3 Å². The lowest BCUT2D eigenvalue weighted by Crippen LogP contribution is -2.48. The van der Waals surface area contributed by atoms with E-state index in [-0.39, 0.29) is 24.3 Å². The van der Waals surface area contributed by atoms with Crippen LogP contribution in [0.5, 0.6) is 0 Å². The van der Waals surface area contributed by atoms with Crippen LogP contribution < -0.4 is 10.6 Å². The van der Waals surface area contributed by atoms with Gasteiger partial charge in [-0.05, 0) is 35.9 Å². The topological polar surface area (TPSA) is 44.4 Å². The molecule has 1 aliphatic rings. The summed E-state index contributed by atoms with van der Waals surface area (Å²) in [6.07, 6.45) is 0. The first-order valence-electron chi connectivity index (χ1n) is 7.87. The van der Waals surface area contributed by atoms with Gasteiger partial charge in [-0.25, -0.2) is 8.78 Å². The number of rotatable bonds is 4. The molecule has 1 unspecified atom stereocenters. The molecule has 2 aromatic rings.